The van der Waals surface area contributed by atoms with E-state index in [2.05, 4.69) is 4.90 Å². The Bertz CT molecular complexity index is 1280. The quantitative estimate of drug-likeness (QED) is 0.533. The van der Waals surface area contributed by atoms with E-state index in [1.807, 2.05) is 24.3 Å². The van der Waals surface area contributed by atoms with Crippen LogP contribution >= 0.6 is 0 Å². The van der Waals surface area contributed by atoms with E-state index >= 15 is 0 Å². The first-order valence-electron chi connectivity index (χ1n) is 12.9. The highest BCUT2D eigenvalue weighted by Crippen LogP contribution is 2.42. The van der Waals surface area contributed by atoms with Gasteiger partial charge in [-0.3, -0.25) is 4.79 Å². The number of alkyl halides is 3. The van der Waals surface area contributed by atoms with Crippen LogP contribution in [-0.2, 0) is 39.9 Å². The van der Waals surface area contributed by atoms with Crippen molar-refractivity contribution in [3.63, 3.8) is 0 Å². The van der Waals surface area contributed by atoms with Gasteiger partial charge in [0, 0.05) is 51.1 Å². The minimum Gasteiger partial charge on any atom is -0.496 e. The monoisotopic (exact) mass is 528 g/mol. The fraction of sp³-hybridized carbons (Fsp3) is 0.448. The average molecular weight is 529 g/mol. The second-order valence-corrected chi connectivity index (χ2v) is 10.2. The van der Waals surface area contributed by atoms with Crippen LogP contribution in [0.15, 0.2) is 53.6 Å². The Hall–Kier alpha value is -3.33. The van der Waals surface area contributed by atoms with Crippen molar-refractivity contribution in [2.45, 2.75) is 50.9 Å². The summed E-state index contributed by atoms with van der Waals surface area (Å²) in [7, 11) is 1.65. The molecule has 0 aromatic heterocycles. The van der Waals surface area contributed by atoms with Crippen LogP contribution in [0.5, 0.6) is 5.75 Å². The Morgan fingerprint density at radius 1 is 1.08 bits per heavy atom. The molecule has 9 heteroatoms. The van der Waals surface area contributed by atoms with Crippen LogP contribution in [0.2, 0.25) is 0 Å². The van der Waals surface area contributed by atoms with Crippen molar-refractivity contribution in [2.24, 2.45) is 0 Å². The first-order chi connectivity index (χ1) is 18.1. The van der Waals surface area contributed by atoms with Crippen LogP contribution < -0.4 is 4.74 Å². The molecule has 38 heavy (non-hydrogen) atoms. The highest BCUT2D eigenvalue weighted by molar-refractivity contribution is 6.07. The molecule has 0 N–H and O–H groups in total. The minimum atomic E-state index is -4.45. The third kappa shape index (κ3) is 4.91. The molecule has 6 nitrogen and oxygen atoms in total. The van der Waals surface area contributed by atoms with Gasteiger partial charge in [-0.1, -0.05) is 24.3 Å². The van der Waals surface area contributed by atoms with Crippen LogP contribution in [0.25, 0.3) is 0 Å². The molecule has 3 aliphatic rings. The molecule has 2 aromatic carbocycles. The number of hydrogen-bond donors (Lipinski definition) is 0. The van der Waals surface area contributed by atoms with Crippen LogP contribution in [0.1, 0.15) is 42.0 Å². The fourth-order valence-corrected chi connectivity index (χ4v) is 5.85. The number of esters is 1. The molecule has 1 amide bonds. The molecular weight excluding hydrogens is 497 g/mol. The van der Waals surface area contributed by atoms with E-state index in [9.17, 15) is 22.8 Å². The Labute approximate surface area is 220 Å². The lowest BCUT2D eigenvalue weighted by Gasteiger charge is -2.41. The van der Waals surface area contributed by atoms with Crippen molar-refractivity contribution < 1.29 is 32.2 Å². The number of piperidine rings is 1. The number of likely N-dealkylation sites (tertiary alicyclic amines) is 1. The predicted octanol–water partition coefficient (Wildman–Crippen LogP) is 4.55. The number of nitrogens with zero attached hydrogens (tertiary/aromatic N) is 2. The lowest BCUT2D eigenvalue weighted by Crippen LogP contribution is -2.50. The number of ether oxygens (including phenoxy) is 2. The molecule has 1 fully saturated rings. The SMILES string of the molecule is COc1ccccc1CCN1CCC2(CC1)OC(=O)C(C)=C2C(=O)N1CCc2ccc(C(F)(F)F)cc2C1. The highest BCUT2D eigenvalue weighted by Gasteiger charge is 2.51. The molecule has 202 valence electrons. The number of amides is 1. The van der Waals surface area contributed by atoms with Crippen LogP contribution in [0.4, 0.5) is 13.2 Å². The number of fused-ring (bicyclic) bond motifs is 1. The van der Waals surface area contributed by atoms with Crippen molar-refractivity contribution >= 4 is 11.9 Å². The van der Waals surface area contributed by atoms with E-state index in [1.165, 1.54) is 6.07 Å². The molecule has 0 saturated carbocycles. The van der Waals surface area contributed by atoms with E-state index in [1.54, 1.807) is 18.9 Å². The Balaban J connectivity index is 1.29. The first kappa shape index (κ1) is 26.3. The second-order valence-electron chi connectivity index (χ2n) is 10.2. The van der Waals surface area contributed by atoms with Crippen molar-refractivity contribution in [3.8, 4) is 5.75 Å². The van der Waals surface area contributed by atoms with Gasteiger partial charge in [0.15, 0.2) is 0 Å². The van der Waals surface area contributed by atoms with E-state index in [4.69, 9.17) is 9.47 Å². The Kier molecular flexibility index (Phi) is 6.98. The summed E-state index contributed by atoms with van der Waals surface area (Å²) in [6.45, 7) is 4.18. The fourth-order valence-electron chi connectivity index (χ4n) is 5.85. The van der Waals surface area contributed by atoms with Crippen molar-refractivity contribution in [1.82, 2.24) is 9.80 Å². The maximum absolute atomic E-state index is 13.8. The van der Waals surface area contributed by atoms with Gasteiger partial charge >= 0.3 is 12.1 Å². The zero-order chi connectivity index (χ0) is 27.1. The summed E-state index contributed by atoms with van der Waals surface area (Å²) in [5.74, 6) is 0.0362. The van der Waals surface area contributed by atoms with Gasteiger partial charge in [0.1, 0.15) is 11.4 Å². The molecule has 3 aliphatic heterocycles. The van der Waals surface area contributed by atoms with Gasteiger partial charge in [0.25, 0.3) is 5.91 Å². The number of benzene rings is 2. The molecule has 0 aliphatic carbocycles. The average Bonchev–Trinajstić information content (AvgIpc) is 3.15. The minimum absolute atomic E-state index is 0.0736. The summed E-state index contributed by atoms with van der Waals surface area (Å²) in [4.78, 5) is 30.3. The van der Waals surface area contributed by atoms with Gasteiger partial charge in [-0.25, -0.2) is 4.79 Å². The number of carbonyl (C=O) groups is 2. The molecule has 0 radical (unpaired) electrons. The zero-order valence-electron chi connectivity index (χ0n) is 21.6. The summed E-state index contributed by atoms with van der Waals surface area (Å²) in [5.41, 5.74) is 1.36. The van der Waals surface area contributed by atoms with Crippen molar-refractivity contribution in [3.05, 3.63) is 75.9 Å². The zero-order valence-corrected chi connectivity index (χ0v) is 21.6. The summed E-state index contributed by atoms with van der Waals surface area (Å²) < 4.78 is 51.1. The van der Waals surface area contributed by atoms with Crippen molar-refractivity contribution in [1.29, 1.82) is 0 Å². The number of carbonyl (C=O) groups excluding carboxylic acids is 2. The van der Waals surface area contributed by atoms with E-state index in [0.717, 1.165) is 42.0 Å². The lowest BCUT2D eigenvalue weighted by molar-refractivity contribution is -0.151. The summed E-state index contributed by atoms with van der Waals surface area (Å²) >= 11 is 0. The van der Waals surface area contributed by atoms with Gasteiger partial charge in [-0.05, 0) is 54.7 Å². The predicted molar refractivity (Wildman–Crippen MR) is 134 cm³/mol. The number of halogens is 3. The number of para-hydroxylation sites is 1. The smallest absolute Gasteiger partial charge is 0.416 e. The van der Waals surface area contributed by atoms with Gasteiger partial charge in [0.05, 0.1) is 18.2 Å². The molecule has 5 rings (SSSR count). The number of hydrogen-bond acceptors (Lipinski definition) is 5. The Morgan fingerprint density at radius 2 is 1.82 bits per heavy atom. The van der Waals surface area contributed by atoms with Gasteiger partial charge in [-0.15, -0.1) is 0 Å². The third-order valence-electron chi connectivity index (χ3n) is 8.03. The van der Waals surface area contributed by atoms with Gasteiger partial charge in [-0.2, -0.15) is 13.2 Å². The normalized spacial score (nSPS) is 19.5. The summed E-state index contributed by atoms with van der Waals surface area (Å²) in [6, 6.07) is 11.6. The molecule has 1 saturated heterocycles. The van der Waals surface area contributed by atoms with Crippen LogP contribution in [0.3, 0.4) is 0 Å². The molecule has 0 atom stereocenters. The summed E-state index contributed by atoms with van der Waals surface area (Å²) in [5, 5.41) is 0. The number of rotatable bonds is 5. The molecular formula is C29H31F3N2O4. The van der Waals surface area contributed by atoms with Gasteiger partial charge < -0.3 is 19.3 Å². The van der Waals surface area contributed by atoms with Gasteiger partial charge in [0.2, 0.25) is 0 Å². The first-order valence-corrected chi connectivity index (χ1v) is 12.9. The second kappa shape index (κ2) is 10.1. The van der Waals surface area contributed by atoms with E-state index in [0.29, 0.717) is 55.6 Å². The Morgan fingerprint density at radius 3 is 2.53 bits per heavy atom. The molecule has 0 unspecified atom stereocenters. The number of methoxy groups -OCH3 is 1. The van der Waals surface area contributed by atoms with Crippen LogP contribution in [-0.4, -0.2) is 60.6 Å². The standard InChI is InChI=1S/C29H31F3N2O4/c1-19-25(26(35)34-14-10-20-7-8-23(29(30,31)32)17-22(20)18-34)28(38-27(19)36)11-15-33(16-12-28)13-9-21-5-3-4-6-24(21)37-2/h3-8,17H,9-16,18H2,1-2H3. The van der Waals surface area contributed by atoms with E-state index in [-0.39, 0.29) is 12.5 Å². The molecule has 2 aromatic rings. The topological polar surface area (TPSA) is 59.1 Å². The maximum Gasteiger partial charge on any atom is 0.416 e. The van der Waals surface area contributed by atoms with Crippen LogP contribution in [0, 0.1) is 0 Å². The maximum atomic E-state index is 13.8. The molecule has 1 spiro atoms. The largest absolute Gasteiger partial charge is 0.496 e. The van der Waals surface area contributed by atoms with Crippen molar-refractivity contribution in [2.75, 3.05) is 33.3 Å². The molecule has 3 heterocycles. The highest BCUT2D eigenvalue weighted by atomic mass is 19.4. The lowest BCUT2D eigenvalue weighted by atomic mass is 9.82. The summed E-state index contributed by atoms with van der Waals surface area (Å²) in [6.07, 6.45) is -2.19. The molecule has 0 bridgehead atoms. The third-order valence-corrected chi connectivity index (χ3v) is 8.03. The van der Waals surface area contributed by atoms with E-state index < -0.39 is 23.3 Å².